The van der Waals surface area contributed by atoms with Crippen molar-refractivity contribution in [3.8, 4) is 0 Å². The largest absolute Gasteiger partial charge is 0.385 e. The lowest BCUT2D eigenvalue weighted by molar-refractivity contribution is 0.183. The Bertz CT molecular complexity index is 450. The third-order valence-electron chi connectivity index (χ3n) is 4.05. The summed E-state index contributed by atoms with van der Waals surface area (Å²) in [6, 6.07) is 0.266. The van der Waals surface area contributed by atoms with Crippen LogP contribution in [-0.2, 0) is 22.1 Å². The van der Waals surface area contributed by atoms with Gasteiger partial charge < -0.3 is 4.74 Å². The molecule has 0 bridgehead atoms. The van der Waals surface area contributed by atoms with Crippen LogP contribution in [0.15, 0.2) is 12.4 Å². The lowest BCUT2D eigenvalue weighted by atomic mass is 10.1. The van der Waals surface area contributed by atoms with E-state index in [1.165, 1.54) is 18.4 Å². The Labute approximate surface area is 130 Å². The van der Waals surface area contributed by atoms with Gasteiger partial charge in [0.25, 0.3) is 0 Å². The van der Waals surface area contributed by atoms with Crippen LogP contribution in [0.1, 0.15) is 37.8 Å². The van der Waals surface area contributed by atoms with Gasteiger partial charge in [-0.05, 0) is 32.7 Å². The first-order valence-corrected chi connectivity index (χ1v) is 9.33. The van der Waals surface area contributed by atoms with Crippen molar-refractivity contribution in [2.75, 3.05) is 38.3 Å². The fraction of sp³-hybridized carbons (Fsp3) is 0.800. The molecule has 1 aliphatic heterocycles. The minimum Gasteiger partial charge on any atom is -0.385 e. The molecule has 0 aromatic carbocycles. The third-order valence-corrected chi connectivity index (χ3v) is 5.37. The molecule has 120 valence electrons. The highest BCUT2D eigenvalue weighted by Gasteiger charge is 2.28. The minimum absolute atomic E-state index is 0.266. The Balaban J connectivity index is 1.91. The molecule has 1 saturated heterocycles. The highest BCUT2D eigenvalue weighted by atomic mass is 32.2. The van der Waals surface area contributed by atoms with Crippen LogP contribution in [0.25, 0.3) is 0 Å². The van der Waals surface area contributed by atoms with Crippen molar-refractivity contribution in [2.24, 2.45) is 0 Å². The number of hydrogen-bond donors (Lipinski definition) is 0. The van der Waals surface area contributed by atoms with Gasteiger partial charge in [0.05, 0.1) is 6.20 Å². The summed E-state index contributed by atoms with van der Waals surface area (Å²) in [5.74, 6) is 1.55. The molecule has 2 atom stereocenters. The van der Waals surface area contributed by atoms with E-state index in [1.807, 2.05) is 10.9 Å². The van der Waals surface area contributed by atoms with Gasteiger partial charge >= 0.3 is 0 Å². The molecule has 1 aliphatic rings. The number of methoxy groups -OCH3 is 1. The first kappa shape index (κ1) is 16.6. The smallest absolute Gasteiger partial charge is 0.0538 e. The van der Waals surface area contributed by atoms with Gasteiger partial charge in [0.15, 0.2) is 0 Å². The van der Waals surface area contributed by atoms with Crippen molar-refractivity contribution >= 4 is 10.8 Å². The average molecular weight is 313 g/mol. The first-order valence-electron chi connectivity index (χ1n) is 7.85. The molecule has 2 heterocycles. The monoisotopic (exact) mass is 313 g/mol. The number of aromatic nitrogens is 2. The van der Waals surface area contributed by atoms with Gasteiger partial charge in [0.2, 0.25) is 0 Å². The molecule has 0 unspecified atom stereocenters. The second-order valence-electron chi connectivity index (χ2n) is 5.55. The maximum absolute atomic E-state index is 11.9. The third kappa shape index (κ3) is 4.90. The van der Waals surface area contributed by atoms with Crippen LogP contribution in [0.4, 0.5) is 0 Å². The predicted molar refractivity (Wildman–Crippen MR) is 85.8 cm³/mol. The Hall–Kier alpha value is -0.720. The molecule has 1 fully saturated rings. The van der Waals surface area contributed by atoms with Crippen molar-refractivity contribution < 1.29 is 8.95 Å². The molecule has 0 radical (unpaired) electrons. The van der Waals surface area contributed by atoms with E-state index < -0.39 is 10.8 Å². The van der Waals surface area contributed by atoms with Crippen LogP contribution in [0.2, 0.25) is 0 Å². The molecule has 0 aliphatic carbocycles. The Morgan fingerprint density at radius 3 is 3.00 bits per heavy atom. The Kier molecular flexibility index (Phi) is 6.86. The van der Waals surface area contributed by atoms with Crippen molar-refractivity contribution in [3.05, 3.63) is 18.0 Å². The number of rotatable bonds is 8. The van der Waals surface area contributed by atoms with Gasteiger partial charge in [-0.3, -0.25) is 13.8 Å². The van der Waals surface area contributed by atoms with Gasteiger partial charge in [0, 0.05) is 66.9 Å². The summed E-state index contributed by atoms with van der Waals surface area (Å²) in [6.07, 6.45) is 7.53. The Morgan fingerprint density at radius 2 is 2.29 bits per heavy atom. The number of hydrogen-bond acceptors (Lipinski definition) is 4. The van der Waals surface area contributed by atoms with Crippen molar-refractivity contribution in [3.63, 3.8) is 0 Å². The maximum atomic E-state index is 11.9. The average Bonchev–Trinajstić information content (AvgIpc) is 2.97. The molecule has 1 aromatic rings. The van der Waals surface area contributed by atoms with E-state index in [9.17, 15) is 4.21 Å². The zero-order valence-electron chi connectivity index (χ0n) is 13.2. The topological polar surface area (TPSA) is 47.4 Å². The maximum Gasteiger partial charge on any atom is 0.0538 e. The van der Waals surface area contributed by atoms with Crippen LogP contribution in [-0.4, -0.2) is 57.2 Å². The number of unbranched alkanes of at least 4 members (excludes halogenated alkanes) is 2. The normalized spacial score (nSPS) is 23.5. The van der Waals surface area contributed by atoms with Gasteiger partial charge in [-0.2, -0.15) is 5.10 Å². The van der Waals surface area contributed by atoms with Gasteiger partial charge in [0.1, 0.15) is 0 Å². The Morgan fingerprint density at radius 1 is 1.43 bits per heavy atom. The van der Waals surface area contributed by atoms with Crippen LogP contribution >= 0.6 is 0 Å². The summed E-state index contributed by atoms with van der Waals surface area (Å²) < 4.78 is 19.0. The molecule has 6 heteroatoms. The molecule has 0 saturated carbocycles. The molecule has 2 rings (SSSR count). The fourth-order valence-electron chi connectivity index (χ4n) is 2.78. The van der Waals surface area contributed by atoms with Gasteiger partial charge in [-0.25, -0.2) is 0 Å². The van der Waals surface area contributed by atoms with Crippen LogP contribution < -0.4 is 0 Å². The molecular weight excluding hydrogens is 286 g/mol. The molecular formula is C15H27N3O2S. The summed E-state index contributed by atoms with van der Waals surface area (Å²) in [5.41, 5.74) is 1.21. The summed E-state index contributed by atoms with van der Waals surface area (Å²) in [7, 11) is 1.06. The summed E-state index contributed by atoms with van der Waals surface area (Å²) in [6.45, 7) is 5.81. The number of nitrogens with zero attached hydrogens (tertiary/aromatic N) is 3. The van der Waals surface area contributed by atoms with Crippen molar-refractivity contribution in [2.45, 2.75) is 38.8 Å². The van der Waals surface area contributed by atoms with E-state index in [2.05, 4.69) is 23.1 Å². The van der Waals surface area contributed by atoms with E-state index in [0.717, 1.165) is 44.2 Å². The first-order chi connectivity index (χ1) is 10.2. The quantitative estimate of drug-likeness (QED) is 0.687. The SMILES string of the molecule is CCn1cc([C@H]2C[S@](=O)CCN2CCCCCOC)cn1. The van der Waals surface area contributed by atoms with Crippen LogP contribution in [0.3, 0.4) is 0 Å². The van der Waals surface area contributed by atoms with E-state index in [1.54, 1.807) is 7.11 Å². The number of ether oxygens (including phenoxy) is 1. The molecule has 0 spiro atoms. The number of aryl methyl sites for hydroxylation is 1. The minimum atomic E-state index is -0.693. The lowest BCUT2D eigenvalue weighted by Gasteiger charge is -2.34. The molecule has 1 aromatic heterocycles. The second kappa shape index (κ2) is 8.66. The summed E-state index contributed by atoms with van der Waals surface area (Å²) >= 11 is 0. The predicted octanol–water partition coefficient (Wildman–Crippen LogP) is 1.83. The van der Waals surface area contributed by atoms with Crippen molar-refractivity contribution in [1.82, 2.24) is 14.7 Å². The van der Waals surface area contributed by atoms with E-state index >= 15 is 0 Å². The van der Waals surface area contributed by atoms with Gasteiger partial charge in [-0.1, -0.05) is 0 Å². The summed E-state index contributed by atoms with van der Waals surface area (Å²) in [4.78, 5) is 2.48. The highest BCUT2D eigenvalue weighted by Crippen LogP contribution is 2.25. The molecule has 0 amide bonds. The zero-order chi connectivity index (χ0) is 15.1. The molecule has 0 N–H and O–H groups in total. The lowest BCUT2D eigenvalue weighted by Crippen LogP contribution is -2.41. The zero-order valence-corrected chi connectivity index (χ0v) is 14.0. The summed E-state index contributed by atoms with van der Waals surface area (Å²) in [5, 5.41) is 4.36. The highest BCUT2D eigenvalue weighted by molar-refractivity contribution is 7.85. The molecule has 5 nitrogen and oxygen atoms in total. The van der Waals surface area contributed by atoms with E-state index in [-0.39, 0.29) is 6.04 Å². The molecule has 21 heavy (non-hydrogen) atoms. The van der Waals surface area contributed by atoms with Crippen LogP contribution in [0.5, 0.6) is 0 Å². The van der Waals surface area contributed by atoms with Crippen molar-refractivity contribution in [1.29, 1.82) is 0 Å². The second-order valence-corrected chi connectivity index (χ2v) is 7.17. The van der Waals surface area contributed by atoms with Crippen LogP contribution in [0, 0.1) is 0 Å². The fourth-order valence-corrected chi connectivity index (χ4v) is 4.14. The van der Waals surface area contributed by atoms with Gasteiger partial charge in [-0.15, -0.1) is 0 Å². The standard InChI is InChI=1S/C15H27N3O2S/c1-3-18-12-14(11-16-18)15-13-21(19)10-8-17(15)7-5-4-6-9-20-2/h11-12,15H,3-10,13H2,1-2H3/t15-,21-/m1/s1. The van der Waals surface area contributed by atoms with E-state index in [0.29, 0.717) is 0 Å². The van der Waals surface area contributed by atoms with E-state index in [4.69, 9.17) is 4.74 Å².